The van der Waals surface area contributed by atoms with Crippen LogP contribution in [-0.2, 0) is 0 Å². The summed E-state index contributed by atoms with van der Waals surface area (Å²) < 4.78 is 12.1. The molecule has 0 saturated heterocycles. The van der Waals surface area contributed by atoms with Gasteiger partial charge in [0.05, 0.1) is 14.8 Å². The number of nitro groups is 3. The van der Waals surface area contributed by atoms with E-state index in [-0.39, 0.29) is 82.9 Å². The van der Waals surface area contributed by atoms with Crippen LogP contribution in [0.25, 0.3) is 0 Å². The zero-order valence-electron chi connectivity index (χ0n) is 38.4. The maximum Gasteiger partial charge on any atom is 0.269 e. The lowest BCUT2D eigenvalue weighted by molar-refractivity contribution is -0.385. The molecule has 0 saturated carbocycles. The summed E-state index contributed by atoms with van der Waals surface area (Å²) in [6.07, 6.45) is 0. The highest BCUT2D eigenvalue weighted by Crippen LogP contribution is 2.23. The van der Waals surface area contributed by atoms with Crippen LogP contribution >= 0.6 is 49.6 Å². The maximum atomic E-state index is 12.1. The van der Waals surface area contributed by atoms with Crippen LogP contribution in [0.3, 0.4) is 0 Å². The van der Waals surface area contributed by atoms with E-state index in [1.165, 1.54) is 24.3 Å². The van der Waals surface area contributed by atoms with Gasteiger partial charge >= 0.3 is 0 Å². The number of nitrogens with zero attached hydrogens (tertiary/aromatic N) is 3. The van der Waals surface area contributed by atoms with Crippen molar-refractivity contribution in [1.82, 2.24) is 0 Å². The lowest BCUT2D eigenvalue weighted by Gasteiger charge is -2.26. The summed E-state index contributed by atoms with van der Waals surface area (Å²) in [6.45, 7) is 17.1. The number of hydrogen-bond acceptors (Lipinski definition) is 14. The molecule has 372 valence electrons. The topological polar surface area (TPSA) is 282 Å². The minimum atomic E-state index is -0.570. The number of nitrogen functional groups attached to an aromatic ring is 2. The summed E-state index contributed by atoms with van der Waals surface area (Å²) >= 11 is 0. The molecule has 0 aliphatic carbocycles. The normalized spacial score (nSPS) is 10.2. The third kappa shape index (κ3) is 27.4. The summed E-state index contributed by atoms with van der Waals surface area (Å²) in [4.78, 5) is 29.9. The Labute approximate surface area is 416 Å². The molecule has 0 unspecified atom stereocenters. The Hall–Kier alpha value is -5.89. The maximum absolute atomic E-state index is 12.1. The predicted molar refractivity (Wildman–Crippen MR) is 283 cm³/mol. The summed E-state index contributed by atoms with van der Waals surface area (Å²) in [5.74, 6) is -0.467. The minimum absolute atomic E-state index is 0. The van der Waals surface area contributed by atoms with E-state index in [1.54, 1.807) is 24.3 Å². The van der Waals surface area contributed by atoms with Crippen molar-refractivity contribution in [1.29, 1.82) is 0 Å². The SMILES string of the molecule is CC(C)(CN)CN.CC(C)(CNc1ccc(N)cc1)CNc1ccc(N)cc1.CC(C)(CNc1ccc([N+](=O)[O-])cc1)CNc1ccc([N+](=O)[O-])cc1.Cl.Cl.Cl.Cl.O=[N+]([O-])c1ccc(F)cc1. The van der Waals surface area contributed by atoms with E-state index in [1.807, 2.05) is 62.4 Å². The van der Waals surface area contributed by atoms with E-state index in [0.29, 0.717) is 26.2 Å². The van der Waals surface area contributed by atoms with Crippen LogP contribution < -0.4 is 44.2 Å². The number of nitrogens with one attached hydrogen (secondary N) is 4. The molecule has 22 heteroatoms. The van der Waals surface area contributed by atoms with E-state index in [0.717, 1.165) is 71.5 Å². The van der Waals surface area contributed by atoms with Crippen molar-refractivity contribution >= 4 is 101 Å². The van der Waals surface area contributed by atoms with Crippen LogP contribution in [0, 0.1) is 52.4 Å². The number of anilines is 6. The molecule has 5 aromatic rings. The molecule has 0 aliphatic heterocycles. The molecule has 67 heavy (non-hydrogen) atoms. The van der Waals surface area contributed by atoms with E-state index in [9.17, 15) is 34.7 Å². The standard InChI is InChI=1S/C17H20N4O4.C17H24N4.C6H4FNO2.C5H14N2.4ClH/c1-17(2,11-18-13-3-7-15(8-4-13)20(22)23)12-19-14-5-9-16(10-6-14)21(24)25;1-17(2,11-20-15-7-3-13(18)4-8-15)12-21-16-9-5-14(19)6-10-16;7-5-1-3-6(4-2-5)8(9)10;1-5(2,3-6)4-7;;;;/h3-10,18-19H,11-12H2,1-2H3;3-10,20-21H,11-12,18-19H2,1-2H3;1-4H;3-4,6-7H2,1-2H3;4*1H. The van der Waals surface area contributed by atoms with Crippen molar-refractivity contribution in [3.05, 3.63) is 157 Å². The van der Waals surface area contributed by atoms with Crippen molar-refractivity contribution in [2.75, 3.05) is 72.0 Å². The van der Waals surface area contributed by atoms with Crippen LogP contribution in [0.5, 0.6) is 0 Å². The lowest BCUT2D eigenvalue weighted by Crippen LogP contribution is -2.31. The first-order valence-corrected chi connectivity index (χ1v) is 20.0. The molecular formula is C45H66Cl4FN11O6. The lowest BCUT2D eigenvalue weighted by atomic mass is 9.93. The van der Waals surface area contributed by atoms with Gasteiger partial charge in [-0.15, -0.1) is 49.6 Å². The smallest absolute Gasteiger partial charge is 0.269 e. The Morgan fingerprint density at radius 3 is 0.821 bits per heavy atom. The highest BCUT2D eigenvalue weighted by molar-refractivity contribution is 5.86. The summed E-state index contributed by atoms with van der Waals surface area (Å²) in [6, 6.07) is 32.5. The summed E-state index contributed by atoms with van der Waals surface area (Å²) in [5, 5.41) is 44.7. The molecule has 0 bridgehead atoms. The molecule has 17 nitrogen and oxygen atoms in total. The zero-order chi connectivity index (χ0) is 47.2. The molecule has 5 aromatic carbocycles. The molecule has 0 fully saturated rings. The Morgan fingerprint density at radius 1 is 0.418 bits per heavy atom. The Balaban J connectivity index is -0.000000879. The van der Waals surface area contributed by atoms with Crippen LogP contribution in [0.2, 0.25) is 0 Å². The van der Waals surface area contributed by atoms with E-state index in [4.69, 9.17) is 22.9 Å². The molecular weight excluding hydrogens is 951 g/mol. The van der Waals surface area contributed by atoms with Crippen LogP contribution in [-0.4, -0.2) is 54.0 Å². The number of halogens is 5. The van der Waals surface area contributed by atoms with Gasteiger partial charge in [-0.05, 0) is 114 Å². The van der Waals surface area contributed by atoms with Crippen molar-refractivity contribution in [3.8, 4) is 0 Å². The average molecular weight is 1020 g/mol. The van der Waals surface area contributed by atoms with Gasteiger partial charge in [-0.3, -0.25) is 30.3 Å². The van der Waals surface area contributed by atoms with Gasteiger partial charge in [-0.2, -0.15) is 0 Å². The first-order valence-electron chi connectivity index (χ1n) is 20.0. The quantitative estimate of drug-likeness (QED) is 0.0244. The van der Waals surface area contributed by atoms with E-state index in [2.05, 4.69) is 49.0 Å². The number of hydrogen-bond donors (Lipinski definition) is 8. The van der Waals surface area contributed by atoms with Gasteiger partial charge in [-0.25, -0.2) is 4.39 Å². The van der Waals surface area contributed by atoms with Gasteiger partial charge in [0.1, 0.15) is 5.82 Å². The average Bonchev–Trinajstić information content (AvgIpc) is 3.26. The molecule has 0 atom stereocenters. The molecule has 12 N–H and O–H groups in total. The number of nitrogens with two attached hydrogens (primary N) is 4. The van der Waals surface area contributed by atoms with Gasteiger partial charge in [0.15, 0.2) is 0 Å². The molecule has 5 rings (SSSR count). The van der Waals surface area contributed by atoms with Gasteiger partial charge in [0.25, 0.3) is 17.1 Å². The van der Waals surface area contributed by atoms with Crippen LogP contribution in [0.4, 0.5) is 55.6 Å². The van der Waals surface area contributed by atoms with Gasteiger partial charge < -0.3 is 44.2 Å². The van der Waals surface area contributed by atoms with Gasteiger partial charge in [-0.1, -0.05) is 41.5 Å². The van der Waals surface area contributed by atoms with E-state index < -0.39 is 20.6 Å². The highest BCUT2D eigenvalue weighted by Gasteiger charge is 2.19. The van der Waals surface area contributed by atoms with Gasteiger partial charge in [0, 0.05) is 96.7 Å². The molecule has 0 aliphatic rings. The largest absolute Gasteiger partial charge is 0.399 e. The number of non-ortho nitro benzene ring substituents is 3. The predicted octanol–water partition coefficient (Wildman–Crippen LogP) is 10.8. The molecule has 0 aromatic heterocycles. The third-order valence-electron chi connectivity index (χ3n) is 9.20. The minimum Gasteiger partial charge on any atom is -0.399 e. The monoisotopic (exact) mass is 1020 g/mol. The number of rotatable bonds is 17. The fraction of sp³-hybridized carbons (Fsp3) is 0.333. The third-order valence-corrected chi connectivity index (χ3v) is 9.20. The van der Waals surface area contributed by atoms with Crippen molar-refractivity contribution in [3.63, 3.8) is 0 Å². The van der Waals surface area contributed by atoms with Crippen molar-refractivity contribution < 1.29 is 19.2 Å². The van der Waals surface area contributed by atoms with E-state index >= 15 is 0 Å². The molecule has 0 radical (unpaired) electrons. The molecule has 0 amide bonds. The van der Waals surface area contributed by atoms with Crippen LogP contribution in [0.1, 0.15) is 41.5 Å². The Morgan fingerprint density at radius 2 is 0.627 bits per heavy atom. The molecule has 0 heterocycles. The highest BCUT2D eigenvalue weighted by atomic mass is 35.5. The summed E-state index contributed by atoms with van der Waals surface area (Å²) in [7, 11) is 0. The fourth-order valence-corrected chi connectivity index (χ4v) is 4.74. The number of nitro benzene ring substituents is 3. The van der Waals surface area contributed by atoms with Crippen molar-refractivity contribution in [2.45, 2.75) is 41.5 Å². The zero-order valence-corrected chi connectivity index (χ0v) is 41.7. The second-order valence-corrected chi connectivity index (χ2v) is 16.9. The second-order valence-electron chi connectivity index (χ2n) is 16.9. The van der Waals surface area contributed by atoms with Crippen LogP contribution in [0.15, 0.2) is 121 Å². The Kier molecular flexibility index (Phi) is 31.2. The molecule has 0 spiro atoms. The van der Waals surface area contributed by atoms with Crippen molar-refractivity contribution in [2.24, 2.45) is 27.7 Å². The Bertz CT molecular complexity index is 2040. The first kappa shape index (κ1) is 65.4. The second kappa shape index (κ2) is 31.9. The number of benzene rings is 5. The van der Waals surface area contributed by atoms with Gasteiger partial charge in [0.2, 0.25) is 0 Å². The fourth-order valence-electron chi connectivity index (χ4n) is 4.74. The summed E-state index contributed by atoms with van der Waals surface area (Å²) in [5.41, 5.74) is 27.6. The first-order chi connectivity index (χ1) is 29.5.